The molecule has 0 aromatic heterocycles. The third-order valence-electron chi connectivity index (χ3n) is 5.26. The fourth-order valence-electron chi connectivity index (χ4n) is 3.47. The number of hydrogen-bond acceptors (Lipinski definition) is 3. The number of piperidine rings is 1. The van der Waals surface area contributed by atoms with Gasteiger partial charge in [-0.25, -0.2) is 4.99 Å². The molecule has 0 spiro atoms. The summed E-state index contributed by atoms with van der Waals surface area (Å²) >= 11 is 0. The van der Waals surface area contributed by atoms with Crippen molar-refractivity contribution in [2.75, 3.05) is 19.6 Å². The van der Waals surface area contributed by atoms with Crippen LogP contribution in [0.5, 0.6) is 0 Å². The Labute approximate surface area is 197 Å². The number of rotatable bonds is 8. The van der Waals surface area contributed by atoms with Crippen LogP contribution in [-0.2, 0) is 11.3 Å². The summed E-state index contributed by atoms with van der Waals surface area (Å²) in [5.41, 5.74) is 7.08. The Morgan fingerprint density at radius 1 is 1.27 bits per heavy atom. The summed E-state index contributed by atoms with van der Waals surface area (Å²) in [7, 11) is 0. The molecule has 1 aromatic carbocycles. The molecular weight excluding hydrogens is 493 g/mol. The minimum absolute atomic E-state index is 0. The lowest BCUT2D eigenvalue weighted by Crippen LogP contribution is -2.47. The highest BCUT2D eigenvalue weighted by molar-refractivity contribution is 14.0. The molecule has 2 unspecified atom stereocenters. The zero-order valence-electron chi connectivity index (χ0n) is 18.3. The number of aliphatic imine (C=N–C) groups is 1. The van der Waals surface area contributed by atoms with Gasteiger partial charge in [-0.3, -0.25) is 9.59 Å². The molecule has 1 aromatic rings. The fourth-order valence-corrected chi connectivity index (χ4v) is 3.47. The molecule has 2 amide bonds. The molecule has 0 bridgehead atoms. The number of likely N-dealkylation sites (tertiary alicyclic amines) is 1. The van der Waals surface area contributed by atoms with Crippen LogP contribution in [0.25, 0.3) is 0 Å². The van der Waals surface area contributed by atoms with E-state index in [1.165, 1.54) is 0 Å². The quantitative estimate of drug-likeness (QED) is 0.274. The number of nitrogens with zero attached hydrogens (tertiary/aromatic N) is 2. The molecule has 1 aliphatic rings. The number of carbonyl (C=O) groups excluding carboxylic acids is 2. The van der Waals surface area contributed by atoms with Crippen LogP contribution in [0, 0.1) is 5.92 Å². The Hall–Kier alpha value is -1.84. The number of guanidine groups is 1. The van der Waals surface area contributed by atoms with Gasteiger partial charge in [0.1, 0.15) is 0 Å². The maximum atomic E-state index is 12.2. The van der Waals surface area contributed by atoms with Gasteiger partial charge in [0.2, 0.25) is 5.91 Å². The molecule has 0 saturated carbocycles. The minimum Gasteiger partial charge on any atom is -0.370 e. The summed E-state index contributed by atoms with van der Waals surface area (Å²) in [6.07, 6.45) is 3.39. The summed E-state index contributed by atoms with van der Waals surface area (Å²) in [5, 5.41) is 6.33. The van der Waals surface area contributed by atoms with Gasteiger partial charge in [0.25, 0.3) is 5.91 Å². The van der Waals surface area contributed by atoms with E-state index in [1.54, 1.807) is 0 Å². The molecule has 1 fully saturated rings. The lowest BCUT2D eigenvalue weighted by molar-refractivity contribution is -0.119. The van der Waals surface area contributed by atoms with Crippen molar-refractivity contribution < 1.29 is 9.59 Å². The summed E-state index contributed by atoms with van der Waals surface area (Å²) in [6.45, 7) is 9.13. The predicted molar refractivity (Wildman–Crippen MR) is 132 cm³/mol. The molecule has 168 valence electrons. The molecule has 1 saturated heterocycles. The molecule has 2 atom stereocenters. The van der Waals surface area contributed by atoms with Gasteiger partial charge in [-0.2, -0.15) is 0 Å². The van der Waals surface area contributed by atoms with Crippen LogP contribution in [0.2, 0.25) is 0 Å². The van der Waals surface area contributed by atoms with Gasteiger partial charge in [0.05, 0.1) is 6.54 Å². The summed E-state index contributed by atoms with van der Waals surface area (Å²) in [5.74, 6) is 0.862. The Morgan fingerprint density at radius 3 is 2.57 bits per heavy atom. The van der Waals surface area contributed by atoms with Crippen LogP contribution in [-0.4, -0.2) is 48.3 Å². The zero-order chi connectivity index (χ0) is 21.2. The minimum atomic E-state index is -0.240. The largest absolute Gasteiger partial charge is 0.370 e. The molecule has 4 N–H and O–H groups in total. The first-order valence-corrected chi connectivity index (χ1v) is 10.6. The first kappa shape index (κ1) is 26.2. The lowest BCUT2D eigenvalue weighted by Gasteiger charge is -2.34. The van der Waals surface area contributed by atoms with Crippen molar-refractivity contribution in [2.45, 2.75) is 59.0 Å². The van der Waals surface area contributed by atoms with E-state index in [4.69, 9.17) is 10.7 Å². The molecule has 0 aliphatic carbocycles. The van der Waals surface area contributed by atoms with E-state index in [0.717, 1.165) is 50.4 Å². The Bertz CT molecular complexity index is 708. The Kier molecular flexibility index (Phi) is 11.8. The number of primary amides is 1. The first-order valence-electron chi connectivity index (χ1n) is 10.6. The van der Waals surface area contributed by atoms with Crippen LogP contribution >= 0.6 is 24.0 Å². The van der Waals surface area contributed by atoms with E-state index in [-0.39, 0.29) is 47.8 Å². The first-order chi connectivity index (χ1) is 13.9. The van der Waals surface area contributed by atoms with Crippen molar-refractivity contribution in [1.29, 1.82) is 0 Å². The molecule has 1 heterocycles. The van der Waals surface area contributed by atoms with E-state index in [1.807, 2.05) is 45.0 Å². The molecule has 2 rings (SSSR count). The zero-order valence-corrected chi connectivity index (χ0v) is 20.6. The van der Waals surface area contributed by atoms with Gasteiger partial charge >= 0.3 is 0 Å². The van der Waals surface area contributed by atoms with Crippen LogP contribution in [0.3, 0.4) is 0 Å². The van der Waals surface area contributed by atoms with Gasteiger partial charge in [-0.15, -0.1) is 24.0 Å². The number of hydrogen-bond donors (Lipinski definition) is 3. The summed E-state index contributed by atoms with van der Waals surface area (Å²) in [6, 6.07) is 7.76. The van der Waals surface area contributed by atoms with E-state index < -0.39 is 0 Å². The van der Waals surface area contributed by atoms with Crippen LogP contribution in [0.15, 0.2) is 29.3 Å². The second kappa shape index (κ2) is 13.5. The van der Waals surface area contributed by atoms with E-state index in [9.17, 15) is 9.59 Å². The highest BCUT2D eigenvalue weighted by Gasteiger charge is 2.23. The normalized spacial score (nSPS) is 17.6. The highest BCUT2D eigenvalue weighted by Crippen LogP contribution is 2.19. The van der Waals surface area contributed by atoms with E-state index in [2.05, 4.69) is 15.5 Å². The average Bonchev–Trinajstić information content (AvgIpc) is 2.71. The van der Waals surface area contributed by atoms with Crippen molar-refractivity contribution in [3.8, 4) is 0 Å². The number of amides is 2. The smallest absolute Gasteiger partial charge is 0.251 e. The fraction of sp³-hybridized carbons (Fsp3) is 0.591. The average molecular weight is 529 g/mol. The van der Waals surface area contributed by atoms with Crippen molar-refractivity contribution in [3.63, 3.8) is 0 Å². The van der Waals surface area contributed by atoms with E-state index >= 15 is 0 Å². The van der Waals surface area contributed by atoms with Gasteiger partial charge in [0.15, 0.2) is 5.96 Å². The number of nitrogens with two attached hydrogens (primary N) is 1. The third-order valence-corrected chi connectivity index (χ3v) is 5.26. The number of benzene rings is 1. The number of carbonyl (C=O) groups is 2. The molecule has 8 heteroatoms. The Morgan fingerprint density at radius 2 is 1.97 bits per heavy atom. The summed E-state index contributed by atoms with van der Waals surface area (Å²) in [4.78, 5) is 30.5. The molecule has 7 nitrogen and oxygen atoms in total. The van der Waals surface area contributed by atoms with Crippen molar-refractivity contribution in [1.82, 2.24) is 15.5 Å². The van der Waals surface area contributed by atoms with Crippen LogP contribution in [0.4, 0.5) is 0 Å². The summed E-state index contributed by atoms with van der Waals surface area (Å²) < 4.78 is 0. The Balaban J connectivity index is 0.00000450. The van der Waals surface area contributed by atoms with Gasteiger partial charge in [-0.05, 0) is 56.7 Å². The predicted octanol–water partition coefficient (Wildman–Crippen LogP) is 2.89. The highest BCUT2D eigenvalue weighted by atomic mass is 127. The second-order valence-corrected chi connectivity index (χ2v) is 7.77. The second-order valence-electron chi connectivity index (χ2n) is 7.77. The molecular formula is C22H36IN5O2. The van der Waals surface area contributed by atoms with Gasteiger partial charge < -0.3 is 21.3 Å². The standard InChI is InChI=1S/C22H35N5O2.HI/c1-4-16(3)26-21(29)19-10-8-17(9-11-19)14-25-22(24-5-2)27-12-6-7-18(15-27)13-20(23)28;/h8-11,16,18H,4-7,12-15H2,1-3H3,(H2,23,28)(H,24,25)(H,26,29);1H. The van der Waals surface area contributed by atoms with Crippen molar-refractivity contribution in [2.24, 2.45) is 16.6 Å². The van der Waals surface area contributed by atoms with Gasteiger partial charge in [-0.1, -0.05) is 19.1 Å². The lowest BCUT2D eigenvalue weighted by atomic mass is 9.95. The topological polar surface area (TPSA) is 99.8 Å². The number of nitrogens with one attached hydrogen (secondary N) is 2. The van der Waals surface area contributed by atoms with Crippen molar-refractivity contribution in [3.05, 3.63) is 35.4 Å². The monoisotopic (exact) mass is 529 g/mol. The maximum absolute atomic E-state index is 12.2. The molecule has 1 aliphatic heterocycles. The molecule has 0 radical (unpaired) electrons. The van der Waals surface area contributed by atoms with Crippen LogP contribution < -0.4 is 16.4 Å². The van der Waals surface area contributed by atoms with Gasteiger partial charge in [0, 0.05) is 37.7 Å². The maximum Gasteiger partial charge on any atom is 0.251 e. The van der Waals surface area contributed by atoms with E-state index in [0.29, 0.717) is 18.5 Å². The third kappa shape index (κ3) is 8.49. The SMILES string of the molecule is CCNC(=NCc1ccc(C(=O)NC(C)CC)cc1)N1CCCC(CC(N)=O)C1.I. The van der Waals surface area contributed by atoms with Crippen LogP contribution in [0.1, 0.15) is 62.4 Å². The van der Waals surface area contributed by atoms with Crippen molar-refractivity contribution >= 4 is 41.8 Å². The molecule has 30 heavy (non-hydrogen) atoms. The number of halogens is 1.